The monoisotopic (exact) mass is 326 g/mol. The number of hydrogen-bond acceptors (Lipinski definition) is 4. The molecule has 1 aliphatic rings. The molecule has 6 nitrogen and oxygen atoms in total. The van der Waals surface area contributed by atoms with Gasteiger partial charge >= 0.3 is 0 Å². The van der Waals surface area contributed by atoms with Crippen LogP contribution in [-0.2, 0) is 14.8 Å². The zero-order chi connectivity index (χ0) is 16.3. The van der Waals surface area contributed by atoms with Gasteiger partial charge in [0.15, 0.2) is 0 Å². The number of nitrogens with zero attached hydrogens (tertiary/aromatic N) is 1. The van der Waals surface area contributed by atoms with Crippen molar-refractivity contribution >= 4 is 15.9 Å². The fraction of sp³-hybridized carbons (Fsp3) is 0.533. The Balaban J connectivity index is 2.20. The molecule has 2 rings (SSSR count). The fourth-order valence-corrected chi connectivity index (χ4v) is 4.00. The maximum atomic E-state index is 12.5. The molecular weight excluding hydrogens is 304 g/mol. The highest BCUT2D eigenvalue weighted by Crippen LogP contribution is 2.25. The Bertz CT molecular complexity index is 652. The number of rotatable bonds is 5. The fourth-order valence-electron chi connectivity index (χ4n) is 2.55. The second-order valence-corrected chi connectivity index (χ2v) is 7.21. The first-order chi connectivity index (χ1) is 10.3. The number of amides is 1. The summed E-state index contributed by atoms with van der Waals surface area (Å²) in [7, 11) is -2.40. The number of hydrogen-bond donors (Lipinski definition) is 1. The highest BCUT2D eigenvalue weighted by Gasteiger charge is 2.28. The van der Waals surface area contributed by atoms with Crippen molar-refractivity contribution in [2.24, 2.45) is 0 Å². The third-order valence-electron chi connectivity index (χ3n) is 3.73. The SMILES string of the molecule is COc1ccc(C)cc1S(=O)(=O)N[C@H](C)C(=O)N1CCCC1. The van der Waals surface area contributed by atoms with Crippen LogP contribution in [0.25, 0.3) is 0 Å². The number of carbonyl (C=O) groups is 1. The number of methoxy groups -OCH3 is 1. The van der Waals surface area contributed by atoms with E-state index in [0.29, 0.717) is 13.1 Å². The summed E-state index contributed by atoms with van der Waals surface area (Å²) >= 11 is 0. The molecule has 0 unspecified atom stereocenters. The van der Waals surface area contributed by atoms with Crippen LogP contribution in [0.2, 0.25) is 0 Å². The lowest BCUT2D eigenvalue weighted by molar-refractivity contribution is -0.131. The summed E-state index contributed by atoms with van der Waals surface area (Å²) in [6.07, 6.45) is 1.94. The molecule has 1 atom stereocenters. The quantitative estimate of drug-likeness (QED) is 0.885. The average molecular weight is 326 g/mol. The minimum absolute atomic E-state index is 0.0519. The van der Waals surface area contributed by atoms with Crippen LogP contribution in [0, 0.1) is 6.92 Å². The van der Waals surface area contributed by atoms with Crippen molar-refractivity contribution in [2.45, 2.75) is 37.6 Å². The lowest BCUT2D eigenvalue weighted by Gasteiger charge is -2.21. The van der Waals surface area contributed by atoms with Gasteiger partial charge in [0.05, 0.1) is 13.2 Å². The molecule has 0 saturated carbocycles. The van der Waals surface area contributed by atoms with E-state index in [0.717, 1.165) is 18.4 Å². The molecule has 1 heterocycles. The molecule has 1 aromatic rings. The second kappa shape index (κ2) is 6.66. The number of benzene rings is 1. The molecule has 0 bridgehead atoms. The van der Waals surface area contributed by atoms with Crippen molar-refractivity contribution in [1.82, 2.24) is 9.62 Å². The number of carbonyl (C=O) groups excluding carboxylic acids is 1. The smallest absolute Gasteiger partial charge is 0.244 e. The highest BCUT2D eigenvalue weighted by atomic mass is 32.2. The van der Waals surface area contributed by atoms with E-state index in [4.69, 9.17) is 4.74 Å². The van der Waals surface area contributed by atoms with E-state index in [2.05, 4.69) is 4.72 Å². The molecule has 1 N–H and O–H groups in total. The van der Waals surface area contributed by atoms with Gasteiger partial charge in [-0.15, -0.1) is 0 Å². The predicted molar refractivity (Wildman–Crippen MR) is 83.3 cm³/mol. The van der Waals surface area contributed by atoms with Crippen LogP contribution in [0.5, 0.6) is 5.75 Å². The topological polar surface area (TPSA) is 75.7 Å². The summed E-state index contributed by atoms with van der Waals surface area (Å²) in [6, 6.07) is 4.12. The molecule has 0 spiro atoms. The van der Waals surface area contributed by atoms with Crippen LogP contribution >= 0.6 is 0 Å². The maximum absolute atomic E-state index is 12.5. The van der Waals surface area contributed by atoms with Crippen molar-refractivity contribution in [1.29, 1.82) is 0 Å². The van der Waals surface area contributed by atoms with Gasteiger partial charge in [-0.25, -0.2) is 8.42 Å². The van der Waals surface area contributed by atoms with Crippen LogP contribution in [0.4, 0.5) is 0 Å². The van der Waals surface area contributed by atoms with E-state index in [1.165, 1.54) is 13.2 Å². The van der Waals surface area contributed by atoms with E-state index in [1.54, 1.807) is 30.9 Å². The number of aryl methyl sites for hydroxylation is 1. The molecule has 1 aromatic carbocycles. The summed E-state index contributed by atoms with van der Waals surface area (Å²) in [5.41, 5.74) is 0.805. The molecule has 1 aliphatic heterocycles. The van der Waals surface area contributed by atoms with Crippen molar-refractivity contribution < 1.29 is 17.9 Å². The molecule has 1 saturated heterocycles. The highest BCUT2D eigenvalue weighted by molar-refractivity contribution is 7.89. The van der Waals surface area contributed by atoms with Crippen LogP contribution in [0.3, 0.4) is 0 Å². The van der Waals surface area contributed by atoms with Crippen molar-refractivity contribution in [3.05, 3.63) is 23.8 Å². The molecular formula is C15H22N2O4S. The summed E-state index contributed by atoms with van der Waals surface area (Å²) in [6.45, 7) is 4.76. The molecule has 7 heteroatoms. The van der Waals surface area contributed by atoms with Gasteiger partial charge in [-0.05, 0) is 44.4 Å². The third kappa shape index (κ3) is 3.59. The summed E-state index contributed by atoms with van der Waals surface area (Å²) in [5, 5.41) is 0. The van der Waals surface area contributed by atoms with E-state index in [-0.39, 0.29) is 16.6 Å². The lowest BCUT2D eigenvalue weighted by atomic mass is 10.2. The van der Waals surface area contributed by atoms with Crippen LogP contribution in [-0.4, -0.2) is 45.5 Å². The van der Waals surface area contributed by atoms with E-state index >= 15 is 0 Å². The molecule has 1 amide bonds. The molecule has 22 heavy (non-hydrogen) atoms. The normalized spacial score (nSPS) is 16.6. The Kier molecular flexibility index (Phi) is 5.08. The Labute approximate surface area is 131 Å². The maximum Gasteiger partial charge on any atom is 0.244 e. The van der Waals surface area contributed by atoms with Gasteiger partial charge in [0, 0.05) is 13.1 Å². The first-order valence-corrected chi connectivity index (χ1v) is 8.79. The number of sulfonamides is 1. The summed E-state index contributed by atoms with van der Waals surface area (Å²) < 4.78 is 32.6. The van der Waals surface area contributed by atoms with Gasteiger partial charge in [-0.3, -0.25) is 4.79 Å². The first-order valence-electron chi connectivity index (χ1n) is 7.31. The second-order valence-electron chi connectivity index (χ2n) is 5.53. The lowest BCUT2D eigenvalue weighted by Crippen LogP contribution is -2.45. The van der Waals surface area contributed by atoms with E-state index in [9.17, 15) is 13.2 Å². The molecule has 0 aromatic heterocycles. The van der Waals surface area contributed by atoms with Crippen LogP contribution in [0.1, 0.15) is 25.3 Å². The Morgan fingerprint density at radius 1 is 1.32 bits per heavy atom. The van der Waals surface area contributed by atoms with Crippen molar-refractivity contribution in [3.8, 4) is 5.75 Å². The first kappa shape index (κ1) is 16.8. The Hall–Kier alpha value is -1.60. The van der Waals surface area contributed by atoms with Gasteiger partial charge in [0.25, 0.3) is 0 Å². The average Bonchev–Trinajstić information content (AvgIpc) is 3.00. The van der Waals surface area contributed by atoms with Gasteiger partial charge in [0.1, 0.15) is 10.6 Å². The van der Waals surface area contributed by atoms with Crippen molar-refractivity contribution in [2.75, 3.05) is 20.2 Å². The van der Waals surface area contributed by atoms with E-state index < -0.39 is 16.1 Å². The predicted octanol–water partition coefficient (Wildman–Crippen LogP) is 1.29. The van der Waals surface area contributed by atoms with Gasteiger partial charge in [-0.1, -0.05) is 6.07 Å². The molecule has 0 radical (unpaired) electrons. The third-order valence-corrected chi connectivity index (χ3v) is 5.29. The van der Waals surface area contributed by atoms with Gasteiger partial charge < -0.3 is 9.64 Å². The Morgan fingerprint density at radius 2 is 1.95 bits per heavy atom. The zero-order valence-electron chi connectivity index (χ0n) is 13.1. The zero-order valence-corrected chi connectivity index (χ0v) is 13.9. The van der Waals surface area contributed by atoms with Gasteiger partial charge in [-0.2, -0.15) is 4.72 Å². The van der Waals surface area contributed by atoms with E-state index in [1.807, 2.05) is 0 Å². The minimum Gasteiger partial charge on any atom is -0.495 e. The number of likely N-dealkylation sites (tertiary alicyclic amines) is 1. The standard InChI is InChI=1S/C15H22N2O4S/c1-11-6-7-13(21-3)14(10-11)22(19,20)16-12(2)15(18)17-8-4-5-9-17/h6-7,10,12,16H,4-5,8-9H2,1-3H3/t12-/m1/s1. The van der Waals surface area contributed by atoms with Crippen molar-refractivity contribution in [3.63, 3.8) is 0 Å². The summed E-state index contributed by atoms with van der Waals surface area (Å²) in [4.78, 5) is 14.0. The molecule has 0 aliphatic carbocycles. The largest absolute Gasteiger partial charge is 0.495 e. The summed E-state index contributed by atoms with van der Waals surface area (Å²) in [5.74, 6) is 0.0756. The minimum atomic E-state index is -3.82. The number of ether oxygens (including phenoxy) is 1. The van der Waals surface area contributed by atoms with Crippen LogP contribution in [0.15, 0.2) is 23.1 Å². The molecule has 1 fully saturated rings. The molecule has 122 valence electrons. The number of nitrogens with one attached hydrogen (secondary N) is 1. The Morgan fingerprint density at radius 3 is 2.55 bits per heavy atom. The van der Waals surface area contributed by atoms with Gasteiger partial charge in [0.2, 0.25) is 15.9 Å². The van der Waals surface area contributed by atoms with Crippen LogP contribution < -0.4 is 9.46 Å².